The van der Waals surface area contributed by atoms with Crippen molar-refractivity contribution in [2.75, 3.05) is 24.7 Å². The molecule has 0 aromatic rings. The SMILES string of the molecule is CCCSC/C(C)=C/CC/C(C)=C/COC1CCCCO1. The molecule has 1 aliphatic heterocycles. The molecule has 1 unspecified atom stereocenters. The first-order chi connectivity index (χ1) is 10.2. The lowest BCUT2D eigenvalue weighted by atomic mass is 10.1. The maximum atomic E-state index is 5.73. The Morgan fingerprint density at radius 2 is 2.10 bits per heavy atom. The maximum Gasteiger partial charge on any atom is 0.157 e. The molecule has 0 radical (unpaired) electrons. The highest BCUT2D eigenvalue weighted by Gasteiger charge is 2.12. The molecule has 1 fully saturated rings. The third-order valence-corrected chi connectivity index (χ3v) is 4.92. The maximum absolute atomic E-state index is 5.73. The van der Waals surface area contributed by atoms with Gasteiger partial charge in [0.05, 0.1) is 6.61 Å². The molecule has 1 atom stereocenters. The molecule has 1 saturated heterocycles. The van der Waals surface area contributed by atoms with Gasteiger partial charge in [0.15, 0.2) is 6.29 Å². The Morgan fingerprint density at radius 3 is 2.81 bits per heavy atom. The Kier molecular flexibility index (Phi) is 11.0. The fourth-order valence-electron chi connectivity index (χ4n) is 2.23. The van der Waals surface area contributed by atoms with Crippen molar-refractivity contribution >= 4 is 11.8 Å². The average molecular weight is 313 g/mol. The summed E-state index contributed by atoms with van der Waals surface area (Å²) in [7, 11) is 0. The number of thioether (sulfide) groups is 1. The van der Waals surface area contributed by atoms with Crippen molar-refractivity contribution in [2.24, 2.45) is 0 Å². The van der Waals surface area contributed by atoms with Crippen LogP contribution in [0.2, 0.25) is 0 Å². The highest BCUT2D eigenvalue weighted by Crippen LogP contribution is 2.15. The summed E-state index contributed by atoms with van der Waals surface area (Å²) in [5, 5.41) is 0. The fourth-order valence-corrected chi connectivity index (χ4v) is 3.10. The van der Waals surface area contributed by atoms with Crippen LogP contribution in [0.4, 0.5) is 0 Å². The van der Waals surface area contributed by atoms with Crippen LogP contribution >= 0.6 is 11.8 Å². The summed E-state index contributed by atoms with van der Waals surface area (Å²) in [6, 6.07) is 0. The van der Waals surface area contributed by atoms with Gasteiger partial charge >= 0.3 is 0 Å². The van der Waals surface area contributed by atoms with Crippen molar-refractivity contribution in [3.8, 4) is 0 Å². The summed E-state index contributed by atoms with van der Waals surface area (Å²) < 4.78 is 11.3. The normalized spacial score (nSPS) is 20.8. The van der Waals surface area contributed by atoms with Gasteiger partial charge in [0.2, 0.25) is 0 Å². The molecule has 0 aliphatic carbocycles. The summed E-state index contributed by atoms with van der Waals surface area (Å²) in [5.74, 6) is 2.45. The average Bonchev–Trinajstić information content (AvgIpc) is 2.48. The molecular formula is C18H32O2S. The van der Waals surface area contributed by atoms with Crippen molar-refractivity contribution in [3.05, 3.63) is 23.3 Å². The Morgan fingerprint density at radius 1 is 1.24 bits per heavy atom. The molecule has 21 heavy (non-hydrogen) atoms. The van der Waals surface area contributed by atoms with Crippen molar-refractivity contribution in [2.45, 2.75) is 65.6 Å². The van der Waals surface area contributed by atoms with E-state index in [0.717, 1.165) is 25.9 Å². The minimum Gasteiger partial charge on any atom is -0.353 e. The van der Waals surface area contributed by atoms with Crippen molar-refractivity contribution in [1.29, 1.82) is 0 Å². The standard InChI is InChI=1S/C18H32O2S/c1-4-14-21-15-17(3)9-7-8-16(2)11-13-20-18-10-5-6-12-19-18/h9,11,18H,4-8,10,12-15H2,1-3H3/b16-11+,17-9+. The second kappa shape index (κ2) is 12.3. The molecule has 1 rings (SSSR count). The largest absolute Gasteiger partial charge is 0.353 e. The van der Waals surface area contributed by atoms with Crippen LogP contribution in [0.15, 0.2) is 23.3 Å². The van der Waals surface area contributed by atoms with Gasteiger partial charge in [0, 0.05) is 12.4 Å². The first-order valence-corrected chi connectivity index (χ1v) is 9.50. The van der Waals surface area contributed by atoms with Crippen LogP contribution < -0.4 is 0 Å². The second-order valence-corrected chi connectivity index (χ2v) is 6.93. The van der Waals surface area contributed by atoms with E-state index < -0.39 is 0 Å². The highest BCUT2D eigenvalue weighted by atomic mass is 32.2. The van der Waals surface area contributed by atoms with Crippen LogP contribution in [0.3, 0.4) is 0 Å². The van der Waals surface area contributed by atoms with Crippen molar-refractivity contribution in [1.82, 2.24) is 0 Å². The molecule has 1 aliphatic rings. The van der Waals surface area contributed by atoms with Gasteiger partial charge in [-0.2, -0.15) is 11.8 Å². The van der Waals surface area contributed by atoms with E-state index >= 15 is 0 Å². The van der Waals surface area contributed by atoms with E-state index in [-0.39, 0.29) is 6.29 Å². The summed E-state index contributed by atoms with van der Waals surface area (Å²) in [5.41, 5.74) is 2.92. The molecule has 0 N–H and O–H groups in total. The van der Waals surface area contributed by atoms with Gasteiger partial charge in [0.25, 0.3) is 0 Å². The first-order valence-electron chi connectivity index (χ1n) is 8.34. The zero-order chi connectivity index (χ0) is 15.3. The van der Waals surface area contributed by atoms with Gasteiger partial charge in [-0.15, -0.1) is 0 Å². The van der Waals surface area contributed by atoms with Crippen LogP contribution in [-0.4, -0.2) is 31.0 Å². The number of ether oxygens (including phenoxy) is 2. The molecule has 0 aromatic heterocycles. The first kappa shape index (κ1) is 18.8. The number of hydrogen-bond acceptors (Lipinski definition) is 3. The third-order valence-electron chi connectivity index (χ3n) is 3.56. The van der Waals surface area contributed by atoms with Crippen LogP contribution in [0.1, 0.15) is 59.3 Å². The topological polar surface area (TPSA) is 18.5 Å². The zero-order valence-electron chi connectivity index (χ0n) is 14.0. The van der Waals surface area contributed by atoms with E-state index in [1.54, 1.807) is 0 Å². The number of hydrogen-bond donors (Lipinski definition) is 0. The summed E-state index contributed by atoms with van der Waals surface area (Å²) in [4.78, 5) is 0. The van der Waals surface area contributed by atoms with Crippen molar-refractivity contribution in [3.63, 3.8) is 0 Å². The molecule has 0 spiro atoms. The van der Waals surface area contributed by atoms with Gasteiger partial charge in [-0.05, 0) is 58.1 Å². The van der Waals surface area contributed by atoms with Crippen LogP contribution in [0, 0.1) is 0 Å². The minimum atomic E-state index is 0.0283. The molecule has 3 heteroatoms. The molecule has 0 saturated carbocycles. The Hall–Kier alpha value is -0.250. The van der Waals surface area contributed by atoms with Gasteiger partial charge in [-0.1, -0.05) is 30.2 Å². The second-order valence-electron chi connectivity index (χ2n) is 5.82. The zero-order valence-corrected chi connectivity index (χ0v) is 14.8. The van der Waals surface area contributed by atoms with E-state index in [9.17, 15) is 0 Å². The van der Waals surface area contributed by atoms with E-state index in [1.165, 1.54) is 41.9 Å². The van der Waals surface area contributed by atoms with E-state index in [2.05, 4.69) is 32.9 Å². The van der Waals surface area contributed by atoms with Crippen molar-refractivity contribution < 1.29 is 9.47 Å². The van der Waals surface area contributed by atoms with Crippen LogP contribution in [0.25, 0.3) is 0 Å². The van der Waals surface area contributed by atoms with Crippen LogP contribution in [0.5, 0.6) is 0 Å². The Labute approximate surface area is 135 Å². The van der Waals surface area contributed by atoms with E-state index in [0.29, 0.717) is 6.61 Å². The summed E-state index contributed by atoms with van der Waals surface area (Å²) in [6.45, 7) is 8.21. The van der Waals surface area contributed by atoms with Gasteiger partial charge in [-0.3, -0.25) is 0 Å². The van der Waals surface area contributed by atoms with Gasteiger partial charge in [0.1, 0.15) is 0 Å². The lowest BCUT2D eigenvalue weighted by Crippen LogP contribution is -2.22. The Balaban J connectivity index is 2.09. The smallest absolute Gasteiger partial charge is 0.157 e. The molecule has 0 aromatic carbocycles. The van der Waals surface area contributed by atoms with Crippen LogP contribution in [-0.2, 0) is 9.47 Å². The van der Waals surface area contributed by atoms with E-state index in [1.807, 2.05) is 11.8 Å². The predicted molar refractivity (Wildman–Crippen MR) is 93.9 cm³/mol. The monoisotopic (exact) mass is 312 g/mol. The summed E-state index contributed by atoms with van der Waals surface area (Å²) >= 11 is 2.03. The molecule has 1 heterocycles. The molecule has 2 nitrogen and oxygen atoms in total. The minimum absolute atomic E-state index is 0.0283. The van der Waals surface area contributed by atoms with E-state index in [4.69, 9.17) is 9.47 Å². The Bertz CT molecular complexity index is 317. The highest BCUT2D eigenvalue weighted by molar-refractivity contribution is 7.99. The number of allylic oxidation sites excluding steroid dienone is 2. The van der Waals surface area contributed by atoms with Gasteiger partial charge in [-0.25, -0.2) is 0 Å². The molecule has 0 amide bonds. The molecule has 122 valence electrons. The fraction of sp³-hybridized carbons (Fsp3) is 0.778. The quantitative estimate of drug-likeness (QED) is 0.400. The third kappa shape index (κ3) is 10.2. The lowest BCUT2D eigenvalue weighted by molar-refractivity contribution is -0.155. The van der Waals surface area contributed by atoms with Gasteiger partial charge < -0.3 is 9.47 Å². The summed E-state index contributed by atoms with van der Waals surface area (Å²) in [6.07, 6.45) is 11.6. The molecular weight excluding hydrogens is 280 g/mol. The molecule has 0 bridgehead atoms. The lowest BCUT2D eigenvalue weighted by Gasteiger charge is -2.22. The predicted octanol–water partition coefficient (Wildman–Crippen LogP) is 5.35. The number of rotatable bonds is 10.